The second kappa shape index (κ2) is 4.87. The summed E-state index contributed by atoms with van der Waals surface area (Å²) in [5.41, 5.74) is 2.12. The van der Waals surface area contributed by atoms with Crippen LogP contribution in [0.25, 0.3) is 0 Å². The Bertz CT molecular complexity index is 448. The fraction of sp³-hybridized carbons (Fsp3) is 0.417. The number of thiol groups is 1. The normalized spacial score (nSPS) is 13.4. The van der Waals surface area contributed by atoms with Gasteiger partial charge < -0.3 is 14.4 Å². The van der Waals surface area contributed by atoms with Gasteiger partial charge in [-0.3, -0.25) is 4.79 Å². The predicted octanol–water partition coefficient (Wildman–Crippen LogP) is 2.25. The van der Waals surface area contributed by atoms with Crippen LogP contribution in [0.5, 0.6) is 11.5 Å². The molecule has 0 N–H and O–H groups in total. The first-order valence-electron chi connectivity index (χ1n) is 5.41. The highest BCUT2D eigenvalue weighted by molar-refractivity contribution is 7.96. The van der Waals surface area contributed by atoms with E-state index in [4.69, 9.17) is 9.47 Å². The highest BCUT2D eigenvalue weighted by Gasteiger charge is 2.15. The number of carbonyl (C=O) groups excluding carboxylic acids is 1. The van der Waals surface area contributed by atoms with Crippen LogP contribution in [0.3, 0.4) is 0 Å². The minimum Gasteiger partial charge on any atom is -0.486 e. The molecular formula is C12H15NO3S. The Morgan fingerprint density at radius 1 is 1.35 bits per heavy atom. The van der Waals surface area contributed by atoms with E-state index in [9.17, 15) is 4.79 Å². The number of hydrogen-bond donors (Lipinski definition) is 1. The molecular weight excluding hydrogens is 238 g/mol. The number of fused-ring (bicyclic) bond motifs is 1. The Morgan fingerprint density at radius 2 is 1.94 bits per heavy atom. The number of aryl methyl sites for hydroxylation is 1. The predicted molar refractivity (Wildman–Crippen MR) is 68.0 cm³/mol. The molecule has 17 heavy (non-hydrogen) atoms. The lowest BCUT2D eigenvalue weighted by Gasteiger charge is -2.22. The van der Waals surface area contributed by atoms with Crippen molar-refractivity contribution < 1.29 is 14.3 Å². The zero-order chi connectivity index (χ0) is 12.4. The van der Waals surface area contributed by atoms with Gasteiger partial charge in [0.1, 0.15) is 13.2 Å². The molecule has 1 aliphatic rings. The molecule has 0 bridgehead atoms. The Labute approximate surface area is 106 Å². The van der Waals surface area contributed by atoms with Gasteiger partial charge in [-0.05, 0) is 30.2 Å². The van der Waals surface area contributed by atoms with Crippen molar-refractivity contribution in [1.82, 2.24) is 4.90 Å². The number of carbonyl (C=O) groups is 1. The summed E-state index contributed by atoms with van der Waals surface area (Å²) in [6.45, 7) is 3.66. The van der Waals surface area contributed by atoms with Crippen molar-refractivity contribution in [2.45, 2.75) is 13.5 Å². The molecule has 0 aliphatic carbocycles. The molecule has 0 spiro atoms. The van der Waals surface area contributed by atoms with E-state index in [0.717, 1.165) is 22.6 Å². The monoisotopic (exact) mass is 253 g/mol. The lowest BCUT2D eigenvalue weighted by atomic mass is 10.1. The van der Waals surface area contributed by atoms with Crippen LogP contribution in [-0.2, 0) is 6.54 Å². The molecule has 1 aromatic carbocycles. The van der Waals surface area contributed by atoms with Gasteiger partial charge in [-0.1, -0.05) is 12.6 Å². The van der Waals surface area contributed by atoms with E-state index in [1.54, 1.807) is 11.9 Å². The van der Waals surface area contributed by atoms with E-state index in [1.807, 2.05) is 19.1 Å². The number of amides is 1. The Hall–Kier alpha value is -1.36. The molecule has 1 aromatic rings. The molecule has 0 atom stereocenters. The summed E-state index contributed by atoms with van der Waals surface area (Å²) in [4.78, 5) is 12.6. The Kier molecular flexibility index (Phi) is 3.47. The van der Waals surface area contributed by atoms with Gasteiger partial charge in [0, 0.05) is 13.6 Å². The maximum atomic E-state index is 11.1. The van der Waals surface area contributed by atoms with E-state index >= 15 is 0 Å². The molecule has 1 heterocycles. The van der Waals surface area contributed by atoms with Crippen LogP contribution in [0.4, 0.5) is 4.79 Å². The third-order valence-electron chi connectivity index (χ3n) is 2.73. The second-order valence-electron chi connectivity index (χ2n) is 4.06. The van der Waals surface area contributed by atoms with Gasteiger partial charge in [0.2, 0.25) is 0 Å². The van der Waals surface area contributed by atoms with Gasteiger partial charge in [0.15, 0.2) is 11.5 Å². The summed E-state index contributed by atoms with van der Waals surface area (Å²) < 4.78 is 11.0. The molecule has 5 heteroatoms. The average Bonchev–Trinajstić information content (AvgIpc) is 2.29. The molecule has 0 unspecified atom stereocenters. The van der Waals surface area contributed by atoms with Crippen molar-refractivity contribution in [1.29, 1.82) is 0 Å². The maximum Gasteiger partial charge on any atom is 0.278 e. The summed E-state index contributed by atoms with van der Waals surface area (Å²) in [5, 5.41) is -0.251. The number of hydrogen-bond acceptors (Lipinski definition) is 3. The molecule has 0 saturated heterocycles. The van der Waals surface area contributed by atoms with E-state index < -0.39 is 0 Å². The van der Waals surface area contributed by atoms with Crippen molar-refractivity contribution in [3.8, 4) is 11.5 Å². The number of rotatable bonds is 2. The lowest BCUT2D eigenvalue weighted by Crippen LogP contribution is -2.21. The van der Waals surface area contributed by atoms with Gasteiger partial charge in [-0.25, -0.2) is 0 Å². The molecule has 92 valence electrons. The minimum absolute atomic E-state index is 0.251. The molecule has 1 amide bonds. The quantitative estimate of drug-likeness (QED) is 0.822. The van der Waals surface area contributed by atoms with Gasteiger partial charge in [0.25, 0.3) is 5.24 Å². The van der Waals surface area contributed by atoms with Crippen molar-refractivity contribution in [2.75, 3.05) is 20.3 Å². The van der Waals surface area contributed by atoms with Crippen molar-refractivity contribution >= 4 is 17.9 Å². The standard InChI is InChI=1S/C12H15NO3S/c1-8-5-10-11(16-4-3-15-10)6-9(8)7-13(2)12(14)17/h5-6H,3-4,7H2,1-2H3,(H,14,17). The fourth-order valence-electron chi connectivity index (χ4n) is 1.73. The molecule has 0 fully saturated rings. The van der Waals surface area contributed by atoms with Crippen LogP contribution >= 0.6 is 12.6 Å². The van der Waals surface area contributed by atoms with E-state index in [1.165, 1.54) is 0 Å². The van der Waals surface area contributed by atoms with Crippen LogP contribution in [0.2, 0.25) is 0 Å². The zero-order valence-corrected chi connectivity index (χ0v) is 10.8. The molecule has 0 saturated carbocycles. The maximum absolute atomic E-state index is 11.1. The van der Waals surface area contributed by atoms with Gasteiger partial charge in [-0.2, -0.15) is 0 Å². The van der Waals surface area contributed by atoms with Gasteiger partial charge in [0.05, 0.1) is 0 Å². The van der Waals surface area contributed by atoms with Gasteiger partial charge >= 0.3 is 0 Å². The first kappa shape index (κ1) is 12.1. The molecule has 2 rings (SSSR count). The summed E-state index contributed by atoms with van der Waals surface area (Å²) >= 11 is 3.79. The summed E-state index contributed by atoms with van der Waals surface area (Å²) in [5.74, 6) is 1.52. The smallest absolute Gasteiger partial charge is 0.278 e. The second-order valence-corrected chi connectivity index (χ2v) is 4.44. The lowest BCUT2D eigenvalue weighted by molar-refractivity contribution is 0.171. The molecule has 0 aromatic heterocycles. The zero-order valence-electron chi connectivity index (χ0n) is 9.90. The fourth-order valence-corrected chi connectivity index (χ4v) is 1.80. The van der Waals surface area contributed by atoms with Gasteiger partial charge in [-0.15, -0.1) is 0 Å². The van der Waals surface area contributed by atoms with Crippen LogP contribution in [0, 0.1) is 6.92 Å². The summed E-state index contributed by atoms with van der Waals surface area (Å²) in [6.07, 6.45) is 0. The largest absolute Gasteiger partial charge is 0.486 e. The topological polar surface area (TPSA) is 38.8 Å². The number of nitrogens with zero attached hydrogens (tertiary/aromatic N) is 1. The third kappa shape index (κ3) is 2.66. The van der Waals surface area contributed by atoms with E-state index in [-0.39, 0.29) is 5.24 Å². The molecule has 1 aliphatic heterocycles. The molecule has 4 nitrogen and oxygen atoms in total. The van der Waals surface area contributed by atoms with Crippen LogP contribution < -0.4 is 9.47 Å². The highest BCUT2D eigenvalue weighted by Crippen LogP contribution is 2.33. The minimum atomic E-state index is -0.251. The first-order chi connectivity index (χ1) is 8.08. The van der Waals surface area contributed by atoms with Crippen LogP contribution in [0.1, 0.15) is 11.1 Å². The van der Waals surface area contributed by atoms with Crippen LogP contribution in [-0.4, -0.2) is 30.4 Å². The summed E-state index contributed by atoms with van der Waals surface area (Å²) in [6, 6.07) is 3.87. The number of ether oxygens (including phenoxy) is 2. The summed E-state index contributed by atoms with van der Waals surface area (Å²) in [7, 11) is 1.71. The van der Waals surface area contributed by atoms with Crippen molar-refractivity contribution in [2.24, 2.45) is 0 Å². The Morgan fingerprint density at radius 3 is 2.53 bits per heavy atom. The highest BCUT2D eigenvalue weighted by atomic mass is 32.1. The van der Waals surface area contributed by atoms with Crippen molar-refractivity contribution in [3.63, 3.8) is 0 Å². The van der Waals surface area contributed by atoms with Crippen molar-refractivity contribution in [3.05, 3.63) is 23.3 Å². The Balaban J connectivity index is 2.25. The van der Waals surface area contributed by atoms with Crippen LogP contribution in [0.15, 0.2) is 12.1 Å². The first-order valence-corrected chi connectivity index (χ1v) is 5.86. The van der Waals surface area contributed by atoms with E-state index in [0.29, 0.717) is 19.8 Å². The average molecular weight is 253 g/mol. The molecule has 0 radical (unpaired) electrons. The third-order valence-corrected chi connectivity index (χ3v) is 3.08. The van der Waals surface area contributed by atoms with E-state index in [2.05, 4.69) is 12.6 Å². The SMILES string of the molecule is Cc1cc2c(cc1CN(C)C(=O)S)OCCO2. The number of benzene rings is 1.